The van der Waals surface area contributed by atoms with Crippen LogP contribution in [-0.4, -0.2) is 38.0 Å². The molecule has 3 unspecified atom stereocenters. The highest BCUT2D eigenvalue weighted by molar-refractivity contribution is 4.92. The molecule has 3 N–H and O–H groups in total. The minimum absolute atomic E-state index is 0.113. The van der Waals surface area contributed by atoms with E-state index in [4.69, 9.17) is 10.5 Å². The summed E-state index contributed by atoms with van der Waals surface area (Å²) in [7, 11) is 0. The average molecular weight is 240 g/mol. The van der Waals surface area contributed by atoms with Gasteiger partial charge in [-0.2, -0.15) is 13.2 Å². The number of nitrogens with two attached hydrogens (primary N) is 1. The van der Waals surface area contributed by atoms with E-state index in [1.807, 2.05) is 6.92 Å². The van der Waals surface area contributed by atoms with E-state index < -0.39 is 18.6 Å². The van der Waals surface area contributed by atoms with Crippen LogP contribution in [0.1, 0.15) is 20.3 Å². The molecule has 1 heterocycles. The summed E-state index contributed by atoms with van der Waals surface area (Å²) in [4.78, 5) is 0. The number of nitrogens with one attached hydrogen (secondary N) is 1. The first kappa shape index (κ1) is 13.7. The van der Waals surface area contributed by atoms with Crippen LogP contribution >= 0.6 is 0 Å². The van der Waals surface area contributed by atoms with Gasteiger partial charge < -0.3 is 15.8 Å². The van der Waals surface area contributed by atoms with E-state index in [1.54, 1.807) is 0 Å². The maximum atomic E-state index is 12.1. The molecule has 1 fully saturated rings. The van der Waals surface area contributed by atoms with E-state index in [9.17, 15) is 13.2 Å². The van der Waals surface area contributed by atoms with Crippen LogP contribution in [0.25, 0.3) is 0 Å². The van der Waals surface area contributed by atoms with Gasteiger partial charge in [-0.15, -0.1) is 0 Å². The summed E-state index contributed by atoms with van der Waals surface area (Å²) in [5.41, 5.74) is 5.58. The molecule has 3 nitrogen and oxygen atoms in total. The second-order valence-corrected chi connectivity index (χ2v) is 4.88. The van der Waals surface area contributed by atoms with Gasteiger partial charge in [-0.25, -0.2) is 0 Å². The summed E-state index contributed by atoms with van der Waals surface area (Å²) >= 11 is 0. The third-order valence-electron chi connectivity index (χ3n) is 3.02. The highest BCUT2D eigenvalue weighted by Gasteiger charge is 2.38. The van der Waals surface area contributed by atoms with Crippen molar-refractivity contribution in [3.05, 3.63) is 0 Å². The molecule has 0 saturated carbocycles. The standard InChI is InChI=1S/C10H19F3N2O/c1-7(3-10(11,12)13)15-5-9(2)6-16-4-8(9)14/h7-8,15H,3-6,14H2,1-2H3. The molecule has 0 aromatic carbocycles. The van der Waals surface area contributed by atoms with Crippen LogP contribution in [0.4, 0.5) is 13.2 Å². The average Bonchev–Trinajstić information content (AvgIpc) is 2.42. The van der Waals surface area contributed by atoms with Crippen molar-refractivity contribution in [3.63, 3.8) is 0 Å². The van der Waals surface area contributed by atoms with Crippen LogP contribution in [0, 0.1) is 5.41 Å². The Morgan fingerprint density at radius 2 is 2.19 bits per heavy atom. The Morgan fingerprint density at radius 3 is 2.62 bits per heavy atom. The quantitative estimate of drug-likeness (QED) is 0.778. The number of hydrogen-bond donors (Lipinski definition) is 2. The van der Waals surface area contributed by atoms with E-state index >= 15 is 0 Å². The van der Waals surface area contributed by atoms with E-state index in [0.29, 0.717) is 19.8 Å². The van der Waals surface area contributed by atoms with Crippen molar-refractivity contribution in [2.75, 3.05) is 19.8 Å². The van der Waals surface area contributed by atoms with Gasteiger partial charge in [0.05, 0.1) is 19.6 Å². The van der Waals surface area contributed by atoms with Crippen molar-refractivity contribution in [2.24, 2.45) is 11.1 Å². The van der Waals surface area contributed by atoms with Crippen LogP contribution < -0.4 is 11.1 Å². The van der Waals surface area contributed by atoms with Crippen LogP contribution in [-0.2, 0) is 4.74 Å². The monoisotopic (exact) mass is 240 g/mol. The molecule has 16 heavy (non-hydrogen) atoms. The van der Waals surface area contributed by atoms with E-state index in [1.165, 1.54) is 6.92 Å². The molecule has 0 radical (unpaired) electrons. The molecule has 0 spiro atoms. The Hall–Kier alpha value is -0.330. The normalized spacial score (nSPS) is 33.0. The molecule has 1 saturated heterocycles. The maximum absolute atomic E-state index is 12.1. The van der Waals surface area contributed by atoms with Gasteiger partial charge in [0.2, 0.25) is 0 Å². The maximum Gasteiger partial charge on any atom is 0.390 e. The number of hydrogen-bond acceptors (Lipinski definition) is 3. The van der Waals surface area contributed by atoms with E-state index in [0.717, 1.165) is 0 Å². The first-order valence-corrected chi connectivity index (χ1v) is 5.36. The zero-order valence-corrected chi connectivity index (χ0v) is 9.60. The molecule has 0 aromatic heterocycles. The fraction of sp³-hybridized carbons (Fsp3) is 1.00. The summed E-state index contributed by atoms with van der Waals surface area (Å²) in [6, 6.07) is -0.706. The van der Waals surface area contributed by atoms with Gasteiger partial charge in [-0.05, 0) is 6.92 Å². The van der Waals surface area contributed by atoms with Crippen molar-refractivity contribution in [2.45, 2.75) is 38.5 Å². The predicted molar refractivity (Wildman–Crippen MR) is 55.0 cm³/mol. The number of ether oxygens (including phenoxy) is 1. The largest absolute Gasteiger partial charge is 0.390 e. The lowest BCUT2D eigenvalue weighted by atomic mass is 9.85. The molecule has 1 aliphatic rings. The van der Waals surface area contributed by atoms with Crippen molar-refractivity contribution in [1.29, 1.82) is 0 Å². The predicted octanol–water partition coefficient (Wildman–Crippen LogP) is 1.28. The van der Waals surface area contributed by atoms with Crippen molar-refractivity contribution in [1.82, 2.24) is 5.32 Å². The zero-order valence-electron chi connectivity index (χ0n) is 9.60. The fourth-order valence-electron chi connectivity index (χ4n) is 1.74. The van der Waals surface area contributed by atoms with Crippen molar-refractivity contribution in [3.8, 4) is 0 Å². The van der Waals surface area contributed by atoms with Crippen LogP contribution in [0.3, 0.4) is 0 Å². The van der Waals surface area contributed by atoms with Gasteiger partial charge in [-0.1, -0.05) is 6.92 Å². The molecule has 0 aliphatic carbocycles. The molecule has 0 amide bonds. The van der Waals surface area contributed by atoms with Gasteiger partial charge in [-0.3, -0.25) is 0 Å². The van der Waals surface area contributed by atoms with Crippen LogP contribution in [0.5, 0.6) is 0 Å². The van der Waals surface area contributed by atoms with Gasteiger partial charge in [0.1, 0.15) is 0 Å². The van der Waals surface area contributed by atoms with Gasteiger partial charge >= 0.3 is 6.18 Å². The second-order valence-electron chi connectivity index (χ2n) is 4.88. The third-order valence-corrected chi connectivity index (χ3v) is 3.02. The van der Waals surface area contributed by atoms with Gasteiger partial charge in [0.25, 0.3) is 0 Å². The summed E-state index contributed by atoms with van der Waals surface area (Å²) < 4.78 is 41.5. The van der Waals surface area contributed by atoms with E-state index in [2.05, 4.69) is 5.32 Å². The Labute approximate surface area is 93.5 Å². The Balaban J connectivity index is 2.34. The first-order valence-electron chi connectivity index (χ1n) is 5.36. The lowest BCUT2D eigenvalue weighted by Gasteiger charge is -2.29. The molecule has 1 aliphatic heterocycles. The first-order chi connectivity index (χ1) is 7.23. The minimum atomic E-state index is -4.12. The smallest absolute Gasteiger partial charge is 0.379 e. The fourth-order valence-corrected chi connectivity index (χ4v) is 1.74. The van der Waals surface area contributed by atoms with Crippen LogP contribution in [0.2, 0.25) is 0 Å². The zero-order chi connectivity index (χ0) is 12.4. The second kappa shape index (κ2) is 4.89. The highest BCUT2D eigenvalue weighted by atomic mass is 19.4. The van der Waals surface area contributed by atoms with Crippen LogP contribution in [0.15, 0.2) is 0 Å². The Bertz CT molecular complexity index is 235. The van der Waals surface area contributed by atoms with Gasteiger partial charge in [0, 0.05) is 24.0 Å². The molecule has 1 rings (SSSR count). The lowest BCUT2D eigenvalue weighted by molar-refractivity contribution is -0.139. The molecule has 6 heteroatoms. The Kier molecular flexibility index (Phi) is 4.20. The van der Waals surface area contributed by atoms with Gasteiger partial charge in [0.15, 0.2) is 0 Å². The summed E-state index contributed by atoms with van der Waals surface area (Å²) in [5, 5.41) is 2.87. The Morgan fingerprint density at radius 1 is 1.56 bits per heavy atom. The third kappa shape index (κ3) is 3.92. The number of halogens is 3. The van der Waals surface area contributed by atoms with Crippen molar-refractivity contribution >= 4 is 0 Å². The highest BCUT2D eigenvalue weighted by Crippen LogP contribution is 2.27. The SMILES string of the molecule is CC(CC(F)(F)F)NCC1(C)COCC1N. The topological polar surface area (TPSA) is 47.3 Å². The van der Waals surface area contributed by atoms with Crippen molar-refractivity contribution < 1.29 is 17.9 Å². The summed E-state index contributed by atoms with van der Waals surface area (Å²) in [6.07, 6.45) is -4.94. The molecular formula is C10H19F3N2O. The number of rotatable bonds is 4. The van der Waals surface area contributed by atoms with E-state index in [-0.39, 0.29) is 11.5 Å². The molecular weight excluding hydrogens is 221 g/mol. The molecule has 3 atom stereocenters. The minimum Gasteiger partial charge on any atom is -0.379 e. The number of alkyl halides is 3. The molecule has 0 bridgehead atoms. The lowest BCUT2D eigenvalue weighted by Crippen LogP contribution is -2.47. The summed E-state index contributed by atoms with van der Waals surface area (Å²) in [6.45, 7) is 4.88. The summed E-state index contributed by atoms with van der Waals surface area (Å²) in [5.74, 6) is 0. The molecule has 96 valence electrons. The molecule has 0 aromatic rings.